The van der Waals surface area contributed by atoms with Crippen molar-refractivity contribution in [3.05, 3.63) is 46.5 Å². The second-order valence-corrected chi connectivity index (χ2v) is 7.26. The number of tetrazole rings is 1. The van der Waals surface area contributed by atoms with E-state index < -0.39 is 0 Å². The van der Waals surface area contributed by atoms with Crippen LogP contribution in [0.5, 0.6) is 0 Å². The van der Waals surface area contributed by atoms with Crippen molar-refractivity contribution in [2.45, 2.75) is 24.8 Å². The number of rotatable bonds is 6. The average Bonchev–Trinajstić information content (AvgIpc) is 3.24. The quantitative estimate of drug-likeness (QED) is 0.367. The minimum atomic E-state index is -0.195. The maximum absolute atomic E-state index is 12.0. The number of thioether (sulfide) groups is 1. The lowest BCUT2D eigenvalue weighted by atomic mass is 10.2. The molecule has 0 aliphatic carbocycles. The molecule has 3 aromatic rings. The minimum Gasteiger partial charge on any atom is -0.273 e. The Kier molecular flexibility index (Phi) is 5.74. The molecule has 0 radical (unpaired) electrons. The molecule has 0 unspecified atom stereocenters. The van der Waals surface area contributed by atoms with Gasteiger partial charge in [-0.3, -0.25) is 4.79 Å². The van der Waals surface area contributed by atoms with E-state index in [0.29, 0.717) is 16.0 Å². The van der Waals surface area contributed by atoms with E-state index in [1.165, 1.54) is 40.6 Å². The lowest BCUT2D eigenvalue weighted by Gasteiger charge is -2.10. The van der Waals surface area contributed by atoms with Crippen LogP contribution in [0.25, 0.3) is 0 Å². The highest BCUT2D eigenvalue weighted by Crippen LogP contribution is 2.25. The number of benzene rings is 1. The number of hydrazone groups is 1. The van der Waals surface area contributed by atoms with E-state index in [0.717, 1.165) is 11.3 Å². The van der Waals surface area contributed by atoms with Crippen molar-refractivity contribution < 1.29 is 4.79 Å². The van der Waals surface area contributed by atoms with Gasteiger partial charge < -0.3 is 0 Å². The zero-order chi connectivity index (χ0) is 18.5. The summed E-state index contributed by atoms with van der Waals surface area (Å²) < 4.78 is 1.60. The Morgan fingerprint density at radius 3 is 2.81 bits per heavy atom. The number of aryl methyl sites for hydroxylation is 2. The van der Waals surface area contributed by atoms with Gasteiger partial charge in [-0.15, -0.1) is 16.4 Å². The van der Waals surface area contributed by atoms with Crippen LogP contribution in [0, 0.1) is 6.92 Å². The summed E-state index contributed by atoms with van der Waals surface area (Å²) in [4.78, 5) is 16.5. The SMILES string of the molecule is CC(=O)N(/N=C\c1ccc(C)cc1)c1nc(CSc2nnnn2C)cs1. The number of hydrogen-bond acceptors (Lipinski definition) is 8. The van der Waals surface area contributed by atoms with Gasteiger partial charge in [-0.25, -0.2) is 9.67 Å². The third-order valence-electron chi connectivity index (χ3n) is 3.35. The van der Waals surface area contributed by atoms with E-state index in [4.69, 9.17) is 0 Å². The topological polar surface area (TPSA) is 89.2 Å². The summed E-state index contributed by atoms with van der Waals surface area (Å²) in [5.41, 5.74) is 2.93. The fraction of sp³-hybridized carbons (Fsp3) is 0.250. The molecule has 0 N–H and O–H groups in total. The fourth-order valence-electron chi connectivity index (χ4n) is 1.98. The van der Waals surface area contributed by atoms with Gasteiger partial charge in [-0.2, -0.15) is 10.1 Å². The number of carbonyl (C=O) groups is 1. The van der Waals surface area contributed by atoms with Crippen LogP contribution in [0.4, 0.5) is 5.13 Å². The number of carbonyl (C=O) groups excluding carboxylic acids is 1. The molecule has 10 heteroatoms. The number of nitrogens with zero attached hydrogens (tertiary/aromatic N) is 7. The molecule has 0 fully saturated rings. The van der Waals surface area contributed by atoms with Crippen LogP contribution in [0.15, 0.2) is 39.9 Å². The molecule has 8 nitrogen and oxygen atoms in total. The Hall–Kier alpha value is -2.59. The van der Waals surface area contributed by atoms with Crippen molar-refractivity contribution in [1.29, 1.82) is 0 Å². The smallest absolute Gasteiger partial charge is 0.246 e. The highest BCUT2D eigenvalue weighted by Gasteiger charge is 2.15. The van der Waals surface area contributed by atoms with Crippen molar-refractivity contribution in [3.63, 3.8) is 0 Å². The summed E-state index contributed by atoms with van der Waals surface area (Å²) >= 11 is 2.85. The van der Waals surface area contributed by atoms with Gasteiger partial charge in [0.25, 0.3) is 0 Å². The highest BCUT2D eigenvalue weighted by molar-refractivity contribution is 7.98. The molecular weight excluding hydrogens is 370 g/mol. The van der Waals surface area contributed by atoms with Gasteiger partial charge in [-0.05, 0) is 22.9 Å². The van der Waals surface area contributed by atoms with Crippen molar-refractivity contribution in [2.75, 3.05) is 5.01 Å². The van der Waals surface area contributed by atoms with Gasteiger partial charge in [0, 0.05) is 25.1 Å². The zero-order valence-electron chi connectivity index (χ0n) is 14.5. The first kappa shape index (κ1) is 18.2. The lowest BCUT2D eigenvalue weighted by molar-refractivity contribution is -0.116. The number of aromatic nitrogens is 5. The monoisotopic (exact) mass is 387 g/mol. The summed E-state index contributed by atoms with van der Waals surface area (Å²) in [5.74, 6) is 0.414. The van der Waals surface area contributed by atoms with E-state index in [1.807, 2.05) is 36.6 Å². The first-order valence-electron chi connectivity index (χ1n) is 7.74. The summed E-state index contributed by atoms with van der Waals surface area (Å²) in [6.45, 7) is 3.49. The summed E-state index contributed by atoms with van der Waals surface area (Å²) in [6.07, 6.45) is 1.65. The number of thiazole rings is 1. The van der Waals surface area contributed by atoms with Gasteiger partial charge in [0.15, 0.2) is 0 Å². The summed E-state index contributed by atoms with van der Waals surface area (Å²) in [7, 11) is 1.78. The Morgan fingerprint density at radius 2 is 2.15 bits per heavy atom. The van der Waals surface area contributed by atoms with E-state index >= 15 is 0 Å². The molecule has 1 aromatic carbocycles. The molecule has 0 saturated carbocycles. The normalized spacial score (nSPS) is 11.2. The Morgan fingerprint density at radius 1 is 1.38 bits per heavy atom. The molecule has 0 saturated heterocycles. The molecule has 0 spiro atoms. The van der Waals surface area contributed by atoms with Crippen molar-refractivity contribution in [3.8, 4) is 0 Å². The second-order valence-electron chi connectivity index (χ2n) is 5.48. The molecule has 1 amide bonds. The van der Waals surface area contributed by atoms with Crippen molar-refractivity contribution >= 4 is 40.4 Å². The molecule has 2 aromatic heterocycles. The van der Waals surface area contributed by atoms with Crippen LogP contribution in [-0.4, -0.2) is 37.3 Å². The average molecular weight is 387 g/mol. The largest absolute Gasteiger partial charge is 0.273 e. The van der Waals surface area contributed by atoms with Gasteiger partial charge >= 0.3 is 0 Å². The number of amides is 1. The van der Waals surface area contributed by atoms with E-state index in [1.54, 1.807) is 17.9 Å². The Labute approximate surface area is 158 Å². The van der Waals surface area contributed by atoms with Crippen LogP contribution in [-0.2, 0) is 17.6 Å². The van der Waals surface area contributed by atoms with Gasteiger partial charge in [0.1, 0.15) is 0 Å². The van der Waals surface area contributed by atoms with Gasteiger partial charge in [0.05, 0.1) is 11.9 Å². The Bertz CT molecular complexity index is 917. The molecular formula is C16H17N7OS2. The van der Waals surface area contributed by atoms with E-state index in [-0.39, 0.29) is 5.91 Å². The molecule has 26 heavy (non-hydrogen) atoms. The third kappa shape index (κ3) is 4.52. The minimum absolute atomic E-state index is 0.195. The number of hydrogen-bond donors (Lipinski definition) is 0. The van der Waals surface area contributed by atoms with Gasteiger partial charge in [-0.1, -0.05) is 41.6 Å². The van der Waals surface area contributed by atoms with Crippen LogP contribution < -0.4 is 5.01 Å². The van der Waals surface area contributed by atoms with Crippen LogP contribution in [0.1, 0.15) is 23.7 Å². The van der Waals surface area contributed by atoms with E-state index in [2.05, 4.69) is 25.6 Å². The molecule has 0 atom stereocenters. The lowest BCUT2D eigenvalue weighted by Crippen LogP contribution is -2.22. The maximum Gasteiger partial charge on any atom is 0.246 e. The number of anilines is 1. The molecule has 0 aliphatic rings. The first-order valence-corrected chi connectivity index (χ1v) is 9.60. The summed E-state index contributed by atoms with van der Waals surface area (Å²) in [5, 5.41) is 20.1. The predicted octanol–water partition coefficient (Wildman–Crippen LogP) is 2.65. The van der Waals surface area contributed by atoms with Crippen LogP contribution in [0.2, 0.25) is 0 Å². The maximum atomic E-state index is 12.0. The summed E-state index contributed by atoms with van der Waals surface area (Å²) in [6, 6.07) is 7.91. The molecule has 134 valence electrons. The standard InChI is InChI=1S/C16H17N7OS2/c1-11-4-6-13(7-5-11)8-17-23(12(2)24)15-18-14(9-25-15)10-26-16-19-20-21-22(16)3/h4-9H,10H2,1-3H3/b17-8-. The first-order chi connectivity index (χ1) is 12.5. The van der Waals surface area contributed by atoms with Crippen LogP contribution >= 0.6 is 23.1 Å². The van der Waals surface area contributed by atoms with Crippen molar-refractivity contribution in [2.24, 2.45) is 12.1 Å². The van der Waals surface area contributed by atoms with Crippen molar-refractivity contribution in [1.82, 2.24) is 25.2 Å². The zero-order valence-corrected chi connectivity index (χ0v) is 16.2. The molecule has 0 bridgehead atoms. The molecule has 2 heterocycles. The van der Waals surface area contributed by atoms with E-state index in [9.17, 15) is 4.79 Å². The van der Waals surface area contributed by atoms with Gasteiger partial charge in [0.2, 0.25) is 16.2 Å². The Balaban J connectivity index is 1.70. The molecule has 3 rings (SSSR count). The second kappa shape index (κ2) is 8.19. The van der Waals surface area contributed by atoms with Crippen LogP contribution in [0.3, 0.4) is 0 Å². The fourth-order valence-corrected chi connectivity index (χ4v) is 3.66. The highest BCUT2D eigenvalue weighted by atomic mass is 32.2. The third-order valence-corrected chi connectivity index (χ3v) is 5.26. The predicted molar refractivity (Wildman–Crippen MR) is 102 cm³/mol. The molecule has 0 aliphatic heterocycles.